The van der Waals surface area contributed by atoms with Gasteiger partial charge in [0.15, 0.2) is 0 Å². The highest BCUT2D eigenvalue weighted by atomic mass is 32.1. The van der Waals surface area contributed by atoms with Crippen molar-refractivity contribution in [3.63, 3.8) is 0 Å². The van der Waals surface area contributed by atoms with Crippen molar-refractivity contribution in [2.75, 3.05) is 11.9 Å². The number of hydrogen-bond donors (Lipinski definition) is 1. The van der Waals surface area contributed by atoms with Crippen molar-refractivity contribution in [2.45, 2.75) is 45.1 Å². The number of likely N-dealkylation sites (tertiary alicyclic amines) is 1. The zero-order valence-electron chi connectivity index (χ0n) is 16.8. The van der Waals surface area contributed by atoms with E-state index in [1.807, 2.05) is 48.7 Å². The Hall–Kier alpha value is -2.58. The molecule has 156 valence electrons. The van der Waals surface area contributed by atoms with Gasteiger partial charge in [0.25, 0.3) is 0 Å². The molecule has 8 heteroatoms. The van der Waals surface area contributed by atoms with Crippen LogP contribution in [0.4, 0.5) is 5.69 Å². The average molecular weight is 441 g/mol. The molecule has 1 N–H and O–H groups in total. The number of rotatable bonds is 6. The summed E-state index contributed by atoms with van der Waals surface area (Å²) in [6.07, 6.45) is 3.77. The average Bonchev–Trinajstić information content (AvgIpc) is 3.44. The first kappa shape index (κ1) is 20.7. The Bertz CT molecular complexity index is 1020. The van der Waals surface area contributed by atoms with Gasteiger partial charge in [0.2, 0.25) is 11.8 Å². The molecule has 6 nitrogen and oxygen atoms in total. The maximum Gasteiger partial charge on any atom is 0.247 e. The van der Waals surface area contributed by atoms with Crippen molar-refractivity contribution in [2.24, 2.45) is 0 Å². The van der Waals surface area contributed by atoms with Crippen LogP contribution in [0.3, 0.4) is 0 Å². The molecular formula is C22H24N4O2S2. The molecule has 2 amide bonds. The van der Waals surface area contributed by atoms with Gasteiger partial charge in [0, 0.05) is 29.1 Å². The van der Waals surface area contributed by atoms with Crippen LogP contribution >= 0.6 is 22.7 Å². The van der Waals surface area contributed by atoms with E-state index in [2.05, 4.69) is 15.5 Å². The molecule has 3 heterocycles. The molecule has 0 bridgehead atoms. The summed E-state index contributed by atoms with van der Waals surface area (Å²) in [5, 5.41) is 15.0. The van der Waals surface area contributed by atoms with Crippen LogP contribution in [0.5, 0.6) is 0 Å². The van der Waals surface area contributed by atoms with Gasteiger partial charge < -0.3 is 10.2 Å². The highest BCUT2D eigenvalue weighted by molar-refractivity contribution is 7.14. The number of aromatic nitrogens is 2. The Morgan fingerprint density at radius 2 is 2.10 bits per heavy atom. The molecule has 1 fully saturated rings. The fraction of sp³-hybridized carbons (Fsp3) is 0.364. The smallest absolute Gasteiger partial charge is 0.247 e. The van der Waals surface area contributed by atoms with Crippen molar-refractivity contribution < 1.29 is 9.59 Å². The Morgan fingerprint density at radius 3 is 2.87 bits per heavy atom. The summed E-state index contributed by atoms with van der Waals surface area (Å²) in [5.74, 6) is -0.0638. The van der Waals surface area contributed by atoms with Crippen LogP contribution in [0.15, 0.2) is 41.8 Å². The van der Waals surface area contributed by atoms with Crippen LogP contribution in [0.25, 0.3) is 10.6 Å². The molecule has 0 radical (unpaired) electrons. The summed E-state index contributed by atoms with van der Waals surface area (Å²) in [4.78, 5) is 28.8. The monoisotopic (exact) mass is 440 g/mol. The third kappa shape index (κ3) is 4.94. The largest absolute Gasteiger partial charge is 0.331 e. The molecule has 1 aromatic carbocycles. The van der Waals surface area contributed by atoms with Crippen LogP contribution < -0.4 is 5.32 Å². The molecule has 3 aromatic rings. The number of benzene rings is 1. The molecule has 0 unspecified atom stereocenters. The molecule has 1 saturated heterocycles. The van der Waals surface area contributed by atoms with Crippen molar-refractivity contribution in [1.82, 2.24) is 15.1 Å². The fourth-order valence-electron chi connectivity index (χ4n) is 3.70. The van der Waals surface area contributed by atoms with Gasteiger partial charge in [-0.25, -0.2) is 0 Å². The first-order valence-electron chi connectivity index (χ1n) is 10.1. The Kier molecular flexibility index (Phi) is 6.54. The second kappa shape index (κ2) is 9.49. The SMILES string of the molecule is Cc1nnc(-c2cccc(NC(=O)[C@H]3CCCCN3C(=O)CCc3cccs3)c2)s1. The number of carbonyl (C=O) groups is 2. The predicted molar refractivity (Wildman–Crippen MR) is 121 cm³/mol. The molecule has 4 rings (SSSR count). The number of amides is 2. The van der Waals surface area contributed by atoms with Gasteiger partial charge in [-0.3, -0.25) is 9.59 Å². The van der Waals surface area contributed by atoms with E-state index in [1.54, 1.807) is 16.2 Å². The predicted octanol–water partition coefficient (Wildman–Crippen LogP) is 4.53. The topological polar surface area (TPSA) is 75.2 Å². The van der Waals surface area contributed by atoms with E-state index in [-0.39, 0.29) is 11.8 Å². The van der Waals surface area contributed by atoms with Gasteiger partial charge >= 0.3 is 0 Å². The minimum atomic E-state index is -0.415. The van der Waals surface area contributed by atoms with Gasteiger partial charge in [0.05, 0.1) is 0 Å². The summed E-state index contributed by atoms with van der Waals surface area (Å²) >= 11 is 3.18. The van der Waals surface area contributed by atoms with Crippen molar-refractivity contribution >= 4 is 40.2 Å². The van der Waals surface area contributed by atoms with Gasteiger partial charge in [0.1, 0.15) is 16.1 Å². The molecule has 1 aliphatic heterocycles. The summed E-state index contributed by atoms with van der Waals surface area (Å²) in [5.41, 5.74) is 1.63. The van der Waals surface area contributed by atoms with Gasteiger partial charge in [-0.1, -0.05) is 29.5 Å². The number of nitrogens with one attached hydrogen (secondary N) is 1. The molecule has 1 atom stereocenters. The summed E-state index contributed by atoms with van der Waals surface area (Å²) < 4.78 is 0. The van der Waals surface area contributed by atoms with Gasteiger partial charge in [-0.15, -0.1) is 21.5 Å². The normalized spacial score (nSPS) is 16.4. The minimum Gasteiger partial charge on any atom is -0.331 e. The van der Waals surface area contributed by atoms with E-state index in [0.29, 0.717) is 25.1 Å². The lowest BCUT2D eigenvalue weighted by Crippen LogP contribution is -2.50. The minimum absolute atomic E-state index is 0.0568. The third-order valence-corrected chi connectivity index (χ3v) is 7.02. The fourth-order valence-corrected chi connectivity index (χ4v) is 5.10. The lowest BCUT2D eigenvalue weighted by Gasteiger charge is -2.34. The van der Waals surface area contributed by atoms with Crippen molar-refractivity contribution in [1.29, 1.82) is 0 Å². The maximum atomic E-state index is 13.0. The first-order valence-corrected chi connectivity index (χ1v) is 11.8. The van der Waals surface area contributed by atoms with Crippen molar-refractivity contribution in [3.8, 4) is 10.6 Å². The summed E-state index contributed by atoms with van der Waals surface area (Å²) in [7, 11) is 0. The van der Waals surface area contributed by atoms with E-state index in [4.69, 9.17) is 0 Å². The Balaban J connectivity index is 1.42. The highest BCUT2D eigenvalue weighted by Gasteiger charge is 2.31. The standard InChI is InChI=1S/C22H24N4O2S2/c1-15-24-25-22(30-15)16-6-4-7-17(14-16)23-21(28)19-9-2-3-12-26(19)20(27)11-10-18-8-5-13-29-18/h4-8,13-14,19H,2-3,9-12H2,1H3,(H,23,28)/t19-/m1/s1. The van der Waals surface area contributed by atoms with Gasteiger partial charge in [-0.05, 0) is 56.2 Å². The summed E-state index contributed by atoms with van der Waals surface area (Å²) in [6.45, 7) is 2.56. The van der Waals surface area contributed by atoms with E-state index >= 15 is 0 Å². The number of anilines is 1. The van der Waals surface area contributed by atoms with E-state index in [0.717, 1.165) is 34.8 Å². The molecule has 0 aliphatic carbocycles. The Morgan fingerprint density at radius 1 is 1.20 bits per heavy atom. The number of hydrogen-bond acceptors (Lipinski definition) is 6. The quantitative estimate of drug-likeness (QED) is 0.611. The molecule has 30 heavy (non-hydrogen) atoms. The molecular weight excluding hydrogens is 416 g/mol. The zero-order valence-corrected chi connectivity index (χ0v) is 18.5. The molecule has 1 aliphatic rings. The van der Waals surface area contributed by atoms with E-state index in [1.165, 1.54) is 16.2 Å². The number of thiophene rings is 1. The lowest BCUT2D eigenvalue weighted by atomic mass is 10.00. The van der Waals surface area contributed by atoms with E-state index in [9.17, 15) is 9.59 Å². The lowest BCUT2D eigenvalue weighted by molar-refractivity contribution is -0.140. The van der Waals surface area contributed by atoms with E-state index < -0.39 is 6.04 Å². The summed E-state index contributed by atoms with van der Waals surface area (Å²) in [6, 6.07) is 11.2. The number of carbonyl (C=O) groups excluding carboxylic acids is 2. The van der Waals surface area contributed by atoms with Crippen LogP contribution in [0.2, 0.25) is 0 Å². The second-order valence-electron chi connectivity index (χ2n) is 7.37. The second-order valence-corrected chi connectivity index (χ2v) is 9.59. The maximum absolute atomic E-state index is 13.0. The molecule has 0 spiro atoms. The van der Waals surface area contributed by atoms with Crippen molar-refractivity contribution in [3.05, 3.63) is 51.7 Å². The molecule has 0 saturated carbocycles. The number of piperidine rings is 1. The number of nitrogens with zero attached hydrogens (tertiary/aromatic N) is 3. The first-order chi connectivity index (χ1) is 14.6. The third-order valence-electron chi connectivity index (χ3n) is 5.19. The highest BCUT2D eigenvalue weighted by Crippen LogP contribution is 2.26. The van der Waals surface area contributed by atoms with Gasteiger partial charge in [-0.2, -0.15) is 0 Å². The van der Waals surface area contributed by atoms with Crippen LogP contribution in [-0.4, -0.2) is 39.5 Å². The number of aryl methyl sites for hydroxylation is 2. The molecule has 2 aromatic heterocycles. The zero-order chi connectivity index (χ0) is 20.9. The van der Waals surface area contributed by atoms with Crippen LogP contribution in [0.1, 0.15) is 35.6 Å². The Labute approximate surface area is 184 Å². The van der Waals surface area contributed by atoms with Crippen LogP contribution in [0, 0.1) is 6.92 Å². The van der Waals surface area contributed by atoms with Crippen LogP contribution in [-0.2, 0) is 16.0 Å².